The summed E-state index contributed by atoms with van der Waals surface area (Å²) in [6.07, 6.45) is 0. The molecule has 1 saturated heterocycles. The number of carbonyl (C=O) groups is 1. The summed E-state index contributed by atoms with van der Waals surface area (Å²) in [6, 6.07) is 10.4. The number of rotatable bonds is 10. The number of carbonyl (C=O) groups excluding carboxylic acids is 1. The van der Waals surface area contributed by atoms with E-state index in [1.54, 1.807) is 6.92 Å². The Morgan fingerprint density at radius 3 is 2.72 bits per heavy atom. The van der Waals surface area contributed by atoms with Gasteiger partial charge in [0.15, 0.2) is 0 Å². The zero-order valence-corrected chi connectivity index (χ0v) is 18.8. The summed E-state index contributed by atoms with van der Waals surface area (Å²) in [6.45, 7) is 6.56. The van der Waals surface area contributed by atoms with E-state index in [9.17, 15) is 17.6 Å². The summed E-state index contributed by atoms with van der Waals surface area (Å²) in [5, 5.41) is 2.63. The molecule has 2 N–H and O–H groups in total. The monoisotopic (exact) mass is 465 g/mol. The van der Waals surface area contributed by atoms with Crippen LogP contribution in [0, 0.1) is 5.82 Å². The molecule has 2 aromatic carbocycles. The maximum absolute atomic E-state index is 14.2. The molecule has 8 nitrogen and oxygen atoms in total. The van der Waals surface area contributed by atoms with Gasteiger partial charge in [-0.25, -0.2) is 17.5 Å². The molecule has 10 heteroatoms. The standard InChI is InChI=1S/C22H28FN3O5S/c1-2-25-32(28,29)19-6-7-21(23)20(15-19)22(27)24-16-17-4-3-5-18(14-17)31-13-10-26-8-11-30-12-9-26/h3-7,14-15,25H,2,8-13,16H2,1H3,(H,24,27). The molecule has 0 aliphatic carbocycles. The van der Waals surface area contributed by atoms with Gasteiger partial charge in [0.1, 0.15) is 18.2 Å². The molecule has 0 atom stereocenters. The van der Waals surface area contributed by atoms with Gasteiger partial charge >= 0.3 is 0 Å². The SMILES string of the molecule is CCNS(=O)(=O)c1ccc(F)c(C(=O)NCc2cccc(OCCN3CCOCC3)c2)c1. The molecule has 0 radical (unpaired) electrons. The Morgan fingerprint density at radius 1 is 1.19 bits per heavy atom. The van der Waals surface area contributed by atoms with Gasteiger partial charge in [0.2, 0.25) is 10.0 Å². The van der Waals surface area contributed by atoms with Crippen molar-refractivity contribution in [3.05, 3.63) is 59.4 Å². The highest BCUT2D eigenvalue weighted by Crippen LogP contribution is 2.17. The Hall–Kier alpha value is -2.53. The normalized spacial score (nSPS) is 14.8. The lowest BCUT2D eigenvalue weighted by molar-refractivity contribution is 0.0322. The lowest BCUT2D eigenvalue weighted by Gasteiger charge is -2.26. The van der Waals surface area contributed by atoms with Gasteiger partial charge < -0.3 is 14.8 Å². The summed E-state index contributed by atoms with van der Waals surface area (Å²) < 4.78 is 51.9. The highest BCUT2D eigenvalue weighted by Gasteiger charge is 2.19. The Balaban J connectivity index is 1.57. The molecule has 0 saturated carbocycles. The van der Waals surface area contributed by atoms with E-state index in [4.69, 9.17) is 9.47 Å². The van der Waals surface area contributed by atoms with Gasteiger partial charge in [-0.15, -0.1) is 0 Å². The molecule has 0 bridgehead atoms. The molecule has 32 heavy (non-hydrogen) atoms. The van der Waals surface area contributed by atoms with Crippen molar-refractivity contribution in [2.75, 3.05) is 46.0 Å². The van der Waals surface area contributed by atoms with Gasteiger partial charge in [-0.1, -0.05) is 19.1 Å². The lowest BCUT2D eigenvalue weighted by Crippen LogP contribution is -2.38. The number of sulfonamides is 1. The smallest absolute Gasteiger partial charge is 0.254 e. The molecule has 0 unspecified atom stereocenters. The van der Waals surface area contributed by atoms with Crippen LogP contribution in [-0.2, 0) is 21.3 Å². The van der Waals surface area contributed by atoms with E-state index < -0.39 is 21.7 Å². The average molecular weight is 466 g/mol. The number of benzene rings is 2. The Morgan fingerprint density at radius 2 is 1.97 bits per heavy atom. The molecule has 1 heterocycles. The van der Waals surface area contributed by atoms with Crippen molar-refractivity contribution in [3.8, 4) is 5.75 Å². The number of hydrogen-bond donors (Lipinski definition) is 2. The maximum atomic E-state index is 14.2. The van der Waals surface area contributed by atoms with Crippen LogP contribution in [0.3, 0.4) is 0 Å². The third kappa shape index (κ3) is 6.73. The third-order valence-corrected chi connectivity index (χ3v) is 6.50. The van der Waals surface area contributed by atoms with Gasteiger partial charge in [-0.2, -0.15) is 0 Å². The van der Waals surface area contributed by atoms with Crippen LogP contribution in [0.2, 0.25) is 0 Å². The topological polar surface area (TPSA) is 97.0 Å². The molecule has 1 amide bonds. The largest absolute Gasteiger partial charge is 0.492 e. The second kappa shape index (κ2) is 11.4. The summed E-state index contributed by atoms with van der Waals surface area (Å²) >= 11 is 0. The number of amides is 1. The van der Waals surface area contributed by atoms with Gasteiger partial charge in [0.05, 0.1) is 23.7 Å². The average Bonchev–Trinajstić information content (AvgIpc) is 2.78. The fourth-order valence-electron chi connectivity index (χ4n) is 3.26. The van der Waals surface area contributed by atoms with Crippen LogP contribution in [0.5, 0.6) is 5.75 Å². The summed E-state index contributed by atoms with van der Waals surface area (Å²) in [4.78, 5) is 14.6. The van der Waals surface area contributed by atoms with Crippen molar-refractivity contribution in [1.82, 2.24) is 14.9 Å². The number of morpholine rings is 1. The molecular formula is C22H28FN3O5S. The number of ether oxygens (including phenoxy) is 2. The van der Waals surface area contributed by atoms with Crippen molar-refractivity contribution < 1.29 is 27.1 Å². The van der Waals surface area contributed by atoms with E-state index >= 15 is 0 Å². The number of nitrogens with one attached hydrogen (secondary N) is 2. The van der Waals surface area contributed by atoms with E-state index in [0.29, 0.717) is 12.4 Å². The van der Waals surface area contributed by atoms with E-state index in [2.05, 4.69) is 14.9 Å². The molecule has 1 aliphatic rings. The van der Waals surface area contributed by atoms with Gasteiger partial charge in [0.25, 0.3) is 5.91 Å². The first-order valence-electron chi connectivity index (χ1n) is 10.5. The van der Waals surface area contributed by atoms with Crippen molar-refractivity contribution in [1.29, 1.82) is 0 Å². The van der Waals surface area contributed by atoms with Crippen LogP contribution in [0.1, 0.15) is 22.8 Å². The van der Waals surface area contributed by atoms with Crippen LogP contribution >= 0.6 is 0 Å². The first kappa shape index (κ1) is 24.1. The second-order valence-electron chi connectivity index (χ2n) is 7.28. The fourth-order valence-corrected chi connectivity index (χ4v) is 4.33. The van der Waals surface area contributed by atoms with Crippen molar-refractivity contribution in [3.63, 3.8) is 0 Å². The van der Waals surface area contributed by atoms with E-state index in [1.807, 2.05) is 24.3 Å². The van der Waals surface area contributed by atoms with Gasteiger partial charge in [-0.3, -0.25) is 9.69 Å². The van der Waals surface area contributed by atoms with Crippen molar-refractivity contribution >= 4 is 15.9 Å². The zero-order valence-electron chi connectivity index (χ0n) is 18.0. The lowest BCUT2D eigenvalue weighted by atomic mass is 10.1. The van der Waals surface area contributed by atoms with Gasteiger partial charge in [-0.05, 0) is 35.9 Å². The number of halogens is 1. The molecule has 2 aromatic rings. The maximum Gasteiger partial charge on any atom is 0.254 e. The zero-order chi connectivity index (χ0) is 23.0. The Bertz CT molecular complexity index is 1030. The minimum absolute atomic E-state index is 0.142. The summed E-state index contributed by atoms with van der Waals surface area (Å²) in [5.74, 6) is -0.817. The third-order valence-electron chi connectivity index (χ3n) is 4.96. The fraction of sp³-hybridized carbons (Fsp3) is 0.409. The highest BCUT2D eigenvalue weighted by molar-refractivity contribution is 7.89. The van der Waals surface area contributed by atoms with Crippen LogP contribution in [0.4, 0.5) is 4.39 Å². The van der Waals surface area contributed by atoms with Crippen molar-refractivity contribution in [2.45, 2.75) is 18.4 Å². The highest BCUT2D eigenvalue weighted by atomic mass is 32.2. The first-order chi connectivity index (χ1) is 15.4. The van der Waals surface area contributed by atoms with Crippen LogP contribution in [0.15, 0.2) is 47.4 Å². The second-order valence-corrected chi connectivity index (χ2v) is 9.04. The summed E-state index contributed by atoms with van der Waals surface area (Å²) in [5.41, 5.74) is 0.445. The van der Waals surface area contributed by atoms with Crippen LogP contribution in [-0.4, -0.2) is 65.2 Å². The molecule has 0 aromatic heterocycles. The molecular weight excluding hydrogens is 437 g/mol. The van der Waals surface area contributed by atoms with Gasteiger partial charge in [0, 0.05) is 32.7 Å². The van der Waals surface area contributed by atoms with E-state index in [0.717, 1.165) is 56.6 Å². The Labute approximate surface area is 187 Å². The quantitative estimate of drug-likeness (QED) is 0.555. The van der Waals surface area contributed by atoms with E-state index in [1.165, 1.54) is 0 Å². The van der Waals surface area contributed by atoms with Crippen LogP contribution in [0.25, 0.3) is 0 Å². The Kier molecular flexibility index (Phi) is 8.57. The van der Waals surface area contributed by atoms with Crippen molar-refractivity contribution in [2.24, 2.45) is 0 Å². The predicted octanol–water partition coefficient (Wildman–Crippen LogP) is 1.76. The van der Waals surface area contributed by atoms with E-state index in [-0.39, 0.29) is 23.5 Å². The number of hydrogen-bond acceptors (Lipinski definition) is 6. The molecule has 0 spiro atoms. The predicted molar refractivity (Wildman–Crippen MR) is 118 cm³/mol. The molecule has 1 aliphatic heterocycles. The van der Waals surface area contributed by atoms with Crippen LogP contribution < -0.4 is 14.8 Å². The first-order valence-corrected chi connectivity index (χ1v) is 12.0. The summed E-state index contributed by atoms with van der Waals surface area (Å²) in [7, 11) is -3.80. The number of nitrogens with zero attached hydrogens (tertiary/aromatic N) is 1. The molecule has 3 rings (SSSR count). The molecule has 1 fully saturated rings. The minimum Gasteiger partial charge on any atom is -0.492 e. The minimum atomic E-state index is -3.80. The molecule has 174 valence electrons.